The highest BCUT2D eigenvalue weighted by Gasteiger charge is 2.27. The van der Waals surface area contributed by atoms with Gasteiger partial charge in [-0.3, -0.25) is 4.79 Å². The lowest BCUT2D eigenvalue weighted by atomic mass is 9.94. The molecule has 2 aromatic carbocycles. The van der Waals surface area contributed by atoms with Crippen LogP contribution in [0.4, 0.5) is 0 Å². The monoisotopic (exact) mass is 360 g/mol. The van der Waals surface area contributed by atoms with Crippen LogP contribution < -0.4 is 0 Å². The van der Waals surface area contributed by atoms with Crippen molar-refractivity contribution in [1.29, 1.82) is 0 Å². The molecule has 2 rings (SSSR count). The van der Waals surface area contributed by atoms with Crippen molar-refractivity contribution >= 4 is 17.5 Å². The number of aliphatic hydroxyl groups excluding tert-OH is 1. The summed E-state index contributed by atoms with van der Waals surface area (Å²) < 4.78 is 0. The van der Waals surface area contributed by atoms with Crippen molar-refractivity contribution in [3.8, 4) is 11.5 Å². The number of rotatable bonds is 7. The SMILES string of the molecule is CC(=O)[C@H](SCC(O)c1ccc(C)cc1)C(C)c1ccc(O)cc1O. The maximum Gasteiger partial charge on any atom is 0.143 e. The molecule has 5 heteroatoms. The Bertz CT molecular complexity index is 727. The second kappa shape index (κ2) is 8.41. The molecule has 4 nitrogen and oxygen atoms in total. The second-order valence-electron chi connectivity index (χ2n) is 6.32. The Morgan fingerprint density at radius 3 is 2.32 bits per heavy atom. The zero-order valence-electron chi connectivity index (χ0n) is 14.6. The van der Waals surface area contributed by atoms with Crippen LogP contribution in [-0.4, -0.2) is 32.1 Å². The fourth-order valence-corrected chi connectivity index (χ4v) is 4.03. The van der Waals surface area contributed by atoms with Crippen molar-refractivity contribution in [3.05, 3.63) is 59.2 Å². The van der Waals surface area contributed by atoms with Gasteiger partial charge < -0.3 is 15.3 Å². The molecule has 0 fully saturated rings. The molecule has 2 aromatic rings. The molecule has 0 saturated heterocycles. The number of aromatic hydroxyl groups is 2. The van der Waals surface area contributed by atoms with Crippen LogP contribution in [0, 0.1) is 6.92 Å². The number of phenols is 2. The van der Waals surface area contributed by atoms with Crippen LogP contribution in [0.2, 0.25) is 0 Å². The van der Waals surface area contributed by atoms with Gasteiger partial charge in [0.2, 0.25) is 0 Å². The topological polar surface area (TPSA) is 77.8 Å². The zero-order valence-corrected chi connectivity index (χ0v) is 15.5. The molecule has 0 spiro atoms. The second-order valence-corrected chi connectivity index (χ2v) is 7.50. The van der Waals surface area contributed by atoms with Gasteiger partial charge in [-0.1, -0.05) is 42.8 Å². The normalized spacial score (nSPS) is 14.7. The third kappa shape index (κ3) is 5.00. The van der Waals surface area contributed by atoms with Crippen molar-refractivity contribution < 1.29 is 20.1 Å². The fraction of sp³-hybridized carbons (Fsp3) is 0.350. The minimum Gasteiger partial charge on any atom is -0.508 e. The van der Waals surface area contributed by atoms with Gasteiger partial charge in [-0.25, -0.2) is 0 Å². The highest BCUT2D eigenvalue weighted by molar-refractivity contribution is 8.00. The summed E-state index contributed by atoms with van der Waals surface area (Å²) in [4.78, 5) is 12.1. The van der Waals surface area contributed by atoms with Gasteiger partial charge in [0.25, 0.3) is 0 Å². The number of benzene rings is 2. The number of hydrogen-bond acceptors (Lipinski definition) is 5. The predicted molar refractivity (Wildman–Crippen MR) is 101 cm³/mol. The molecule has 3 N–H and O–H groups in total. The van der Waals surface area contributed by atoms with E-state index >= 15 is 0 Å². The lowest BCUT2D eigenvalue weighted by molar-refractivity contribution is -0.116. The van der Waals surface area contributed by atoms with Gasteiger partial charge in [0, 0.05) is 17.7 Å². The summed E-state index contributed by atoms with van der Waals surface area (Å²) in [6.45, 7) is 5.37. The third-order valence-electron chi connectivity index (χ3n) is 4.26. The number of phenolic OH excluding ortho intramolecular Hbond substituents is 2. The summed E-state index contributed by atoms with van der Waals surface area (Å²) in [6, 6.07) is 12.1. The summed E-state index contributed by atoms with van der Waals surface area (Å²) >= 11 is 1.38. The van der Waals surface area contributed by atoms with Crippen molar-refractivity contribution in [2.24, 2.45) is 0 Å². The van der Waals surface area contributed by atoms with E-state index in [1.165, 1.54) is 30.8 Å². The van der Waals surface area contributed by atoms with Crippen molar-refractivity contribution in [1.82, 2.24) is 0 Å². The Morgan fingerprint density at radius 2 is 1.76 bits per heavy atom. The maximum atomic E-state index is 12.1. The Morgan fingerprint density at radius 1 is 1.12 bits per heavy atom. The fourth-order valence-electron chi connectivity index (χ4n) is 2.77. The zero-order chi connectivity index (χ0) is 18.6. The summed E-state index contributed by atoms with van der Waals surface area (Å²) in [7, 11) is 0. The molecule has 25 heavy (non-hydrogen) atoms. The van der Waals surface area contributed by atoms with Crippen LogP contribution in [-0.2, 0) is 4.79 Å². The van der Waals surface area contributed by atoms with Gasteiger partial charge in [-0.05, 0) is 31.0 Å². The van der Waals surface area contributed by atoms with Gasteiger partial charge in [0.05, 0.1) is 11.4 Å². The van der Waals surface area contributed by atoms with Crippen LogP contribution in [0.25, 0.3) is 0 Å². The largest absolute Gasteiger partial charge is 0.508 e. The molecule has 0 amide bonds. The van der Waals surface area contributed by atoms with Gasteiger partial charge in [0.15, 0.2) is 0 Å². The molecule has 0 aliphatic rings. The summed E-state index contributed by atoms with van der Waals surface area (Å²) in [5, 5.41) is 29.4. The first-order valence-electron chi connectivity index (χ1n) is 8.18. The summed E-state index contributed by atoms with van der Waals surface area (Å²) in [5.41, 5.74) is 2.55. The van der Waals surface area contributed by atoms with Crippen molar-refractivity contribution in [2.75, 3.05) is 5.75 Å². The number of aliphatic hydroxyl groups is 1. The van der Waals surface area contributed by atoms with Crippen LogP contribution in [0.15, 0.2) is 42.5 Å². The average Bonchev–Trinajstić information content (AvgIpc) is 2.55. The molecule has 134 valence electrons. The molecule has 3 atom stereocenters. The van der Waals surface area contributed by atoms with E-state index < -0.39 is 11.4 Å². The number of ketones is 1. The van der Waals surface area contributed by atoms with Crippen molar-refractivity contribution in [3.63, 3.8) is 0 Å². The minimum absolute atomic E-state index is 0.0129. The Hall–Kier alpha value is -1.98. The Balaban J connectivity index is 2.10. The lowest BCUT2D eigenvalue weighted by Gasteiger charge is -2.23. The lowest BCUT2D eigenvalue weighted by Crippen LogP contribution is -2.22. The van der Waals surface area contributed by atoms with Crippen LogP contribution in [0.5, 0.6) is 11.5 Å². The van der Waals surface area contributed by atoms with E-state index in [9.17, 15) is 20.1 Å². The standard InChI is InChI=1S/C20H24O4S/c1-12-4-6-15(7-5-12)19(24)11-25-20(14(3)21)13(2)17-9-8-16(22)10-18(17)23/h4-10,13,19-20,22-24H,11H2,1-3H3/t13?,19?,20-/m1/s1. The van der Waals surface area contributed by atoms with E-state index in [0.29, 0.717) is 11.3 Å². The molecule has 2 unspecified atom stereocenters. The van der Waals surface area contributed by atoms with Crippen molar-refractivity contribution in [2.45, 2.75) is 38.0 Å². The average molecular weight is 360 g/mol. The summed E-state index contributed by atoms with van der Waals surface area (Å²) in [5.74, 6) is 0.0827. The van der Waals surface area contributed by atoms with E-state index in [2.05, 4.69) is 0 Å². The molecule has 0 heterocycles. The van der Waals surface area contributed by atoms with Crippen LogP contribution >= 0.6 is 11.8 Å². The summed E-state index contributed by atoms with van der Waals surface area (Å²) in [6.07, 6.45) is -0.659. The molecule has 0 radical (unpaired) electrons. The highest BCUT2D eigenvalue weighted by atomic mass is 32.2. The number of thioether (sulfide) groups is 1. The molecule has 0 aromatic heterocycles. The molecule has 0 aliphatic heterocycles. The Kier molecular flexibility index (Phi) is 6.51. The molecule has 0 saturated carbocycles. The van der Waals surface area contributed by atoms with Gasteiger partial charge in [0.1, 0.15) is 17.3 Å². The first-order valence-corrected chi connectivity index (χ1v) is 9.23. The molecule has 0 aliphatic carbocycles. The number of aryl methyl sites for hydroxylation is 1. The third-order valence-corrected chi connectivity index (χ3v) is 5.86. The van der Waals surface area contributed by atoms with E-state index in [0.717, 1.165) is 11.1 Å². The number of Topliss-reactive ketones (excluding diaryl/α,β-unsaturated/α-hetero) is 1. The van der Waals surface area contributed by atoms with Gasteiger partial charge in [-0.15, -0.1) is 11.8 Å². The molecular weight excluding hydrogens is 336 g/mol. The van der Waals surface area contributed by atoms with Gasteiger partial charge in [-0.2, -0.15) is 0 Å². The van der Waals surface area contributed by atoms with Crippen LogP contribution in [0.1, 0.15) is 42.6 Å². The minimum atomic E-state index is -0.659. The highest BCUT2D eigenvalue weighted by Crippen LogP contribution is 2.37. The Labute approximate surface area is 152 Å². The van der Waals surface area contributed by atoms with E-state index in [1.807, 2.05) is 38.1 Å². The molecular formula is C20H24O4S. The number of carbonyl (C=O) groups is 1. The quantitative estimate of drug-likeness (QED) is 0.697. The first kappa shape index (κ1) is 19.3. The molecule has 0 bridgehead atoms. The van der Waals surface area contributed by atoms with E-state index in [4.69, 9.17) is 0 Å². The van der Waals surface area contributed by atoms with Gasteiger partial charge >= 0.3 is 0 Å². The number of carbonyl (C=O) groups excluding carboxylic acids is 1. The van der Waals surface area contributed by atoms with E-state index in [1.54, 1.807) is 6.07 Å². The van der Waals surface area contributed by atoms with Crippen LogP contribution in [0.3, 0.4) is 0 Å². The smallest absolute Gasteiger partial charge is 0.143 e. The predicted octanol–water partition coefficient (Wildman–Crippen LogP) is 3.93. The maximum absolute atomic E-state index is 12.1. The number of hydrogen-bond donors (Lipinski definition) is 3. The first-order chi connectivity index (χ1) is 11.8. The van der Waals surface area contributed by atoms with E-state index in [-0.39, 0.29) is 23.2 Å².